The Kier molecular flexibility index (Phi) is 3.76. The Morgan fingerprint density at radius 2 is 2.29 bits per heavy atom. The van der Waals surface area contributed by atoms with E-state index >= 15 is 0 Å². The highest BCUT2D eigenvalue weighted by Gasteiger charge is 2.17. The van der Waals surface area contributed by atoms with Crippen LogP contribution in [0.15, 0.2) is 28.9 Å². The molecule has 0 bridgehead atoms. The van der Waals surface area contributed by atoms with Crippen LogP contribution in [0.4, 0.5) is 0 Å². The summed E-state index contributed by atoms with van der Waals surface area (Å²) >= 11 is 12.8. The van der Waals surface area contributed by atoms with Crippen LogP contribution in [0.25, 0.3) is 0 Å². The maximum atomic E-state index is 11.9. The fourth-order valence-corrected chi connectivity index (χ4v) is 2.84. The lowest BCUT2D eigenvalue weighted by Gasteiger charge is -2.10. The van der Waals surface area contributed by atoms with E-state index < -0.39 is 0 Å². The van der Waals surface area contributed by atoms with E-state index in [1.54, 1.807) is 24.5 Å². The van der Waals surface area contributed by atoms with Crippen molar-refractivity contribution in [3.05, 3.63) is 44.5 Å². The van der Waals surface area contributed by atoms with Gasteiger partial charge in [-0.2, -0.15) is 0 Å². The second kappa shape index (κ2) is 5.12. The first-order chi connectivity index (χ1) is 8.08. The van der Waals surface area contributed by atoms with E-state index in [2.05, 4.69) is 5.32 Å². The molecule has 90 valence electrons. The van der Waals surface area contributed by atoms with Gasteiger partial charge >= 0.3 is 0 Å². The molecule has 2 aromatic heterocycles. The van der Waals surface area contributed by atoms with Crippen molar-refractivity contribution < 1.29 is 9.21 Å². The first-order valence-electron chi connectivity index (χ1n) is 4.87. The van der Waals surface area contributed by atoms with Gasteiger partial charge in [0.05, 0.1) is 22.2 Å². The number of furan rings is 1. The zero-order valence-electron chi connectivity index (χ0n) is 8.87. The molecular weight excluding hydrogens is 281 g/mol. The molecule has 0 fully saturated rings. The van der Waals surface area contributed by atoms with Crippen LogP contribution in [0.3, 0.4) is 0 Å². The van der Waals surface area contributed by atoms with Crippen LogP contribution in [-0.4, -0.2) is 5.91 Å². The van der Waals surface area contributed by atoms with Gasteiger partial charge in [0.1, 0.15) is 10.1 Å². The maximum Gasteiger partial charge on any atom is 0.254 e. The molecule has 3 nitrogen and oxygen atoms in total. The molecule has 6 heteroatoms. The minimum Gasteiger partial charge on any atom is -0.467 e. The third-order valence-electron chi connectivity index (χ3n) is 2.22. The van der Waals surface area contributed by atoms with Crippen LogP contribution in [0.5, 0.6) is 0 Å². The van der Waals surface area contributed by atoms with Crippen molar-refractivity contribution in [3.8, 4) is 0 Å². The normalized spacial score (nSPS) is 12.4. The minimum absolute atomic E-state index is 0.216. The van der Waals surface area contributed by atoms with Crippen molar-refractivity contribution in [1.82, 2.24) is 5.32 Å². The highest BCUT2D eigenvalue weighted by molar-refractivity contribution is 7.20. The minimum atomic E-state index is -0.262. The quantitative estimate of drug-likeness (QED) is 0.923. The second-order valence-corrected chi connectivity index (χ2v) is 5.73. The predicted molar refractivity (Wildman–Crippen MR) is 68.9 cm³/mol. The first kappa shape index (κ1) is 12.5. The number of carbonyl (C=O) groups is 1. The molecule has 0 unspecified atom stereocenters. The monoisotopic (exact) mass is 289 g/mol. The lowest BCUT2D eigenvalue weighted by Crippen LogP contribution is -2.26. The summed E-state index contributed by atoms with van der Waals surface area (Å²) in [5.41, 5.74) is 0.389. The summed E-state index contributed by atoms with van der Waals surface area (Å²) in [6, 6.07) is 4.91. The van der Waals surface area contributed by atoms with Gasteiger partial charge in [-0.1, -0.05) is 23.2 Å². The topological polar surface area (TPSA) is 42.2 Å². The Bertz CT molecular complexity index is 522. The molecular formula is C11H9Cl2NO2S. The molecule has 0 aliphatic rings. The van der Waals surface area contributed by atoms with Gasteiger partial charge < -0.3 is 9.73 Å². The van der Waals surface area contributed by atoms with Crippen molar-refractivity contribution in [2.75, 3.05) is 0 Å². The number of hydrogen-bond acceptors (Lipinski definition) is 3. The number of nitrogens with one attached hydrogen (secondary N) is 1. The van der Waals surface area contributed by atoms with Gasteiger partial charge in [0.2, 0.25) is 0 Å². The summed E-state index contributed by atoms with van der Waals surface area (Å²) in [4.78, 5) is 11.9. The fraction of sp³-hybridized carbons (Fsp3) is 0.182. The van der Waals surface area contributed by atoms with E-state index in [-0.39, 0.29) is 11.9 Å². The van der Waals surface area contributed by atoms with Crippen LogP contribution >= 0.6 is 34.5 Å². The SMILES string of the molecule is C[C@@H](NC(=O)c1cc(Cl)sc1Cl)c1ccco1. The number of thiophene rings is 1. The van der Waals surface area contributed by atoms with E-state index in [9.17, 15) is 4.79 Å². The van der Waals surface area contributed by atoms with Gasteiger partial charge in [-0.25, -0.2) is 0 Å². The molecule has 2 rings (SSSR count). The van der Waals surface area contributed by atoms with Crippen molar-refractivity contribution in [1.29, 1.82) is 0 Å². The summed E-state index contributed by atoms with van der Waals surface area (Å²) in [5, 5.41) is 2.78. The zero-order valence-corrected chi connectivity index (χ0v) is 11.2. The summed E-state index contributed by atoms with van der Waals surface area (Å²) < 4.78 is 6.08. The lowest BCUT2D eigenvalue weighted by atomic mass is 10.2. The van der Waals surface area contributed by atoms with Crippen LogP contribution in [0.2, 0.25) is 8.67 Å². The van der Waals surface area contributed by atoms with Crippen LogP contribution < -0.4 is 5.32 Å². The van der Waals surface area contributed by atoms with Crippen molar-refractivity contribution in [2.45, 2.75) is 13.0 Å². The van der Waals surface area contributed by atoms with Gasteiger partial charge in [0, 0.05) is 0 Å². The van der Waals surface area contributed by atoms with Crippen LogP contribution in [0.1, 0.15) is 29.1 Å². The van der Waals surface area contributed by atoms with Crippen LogP contribution in [0, 0.1) is 0 Å². The van der Waals surface area contributed by atoms with Crippen LogP contribution in [-0.2, 0) is 0 Å². The van der Waals surface area contributed by atoms with Gasteiger partial charge in [0.15, 0.2) is 0 Å². The molecule has 0 radical (unpaired) electrons. The molecule has 1 amide bonds. The number of amides is 1. The Hall–Kier alpha value is -0.970. The molecule has 2 heterocycles. The summed E-state index contributed by atoms with van der Waals surface area (Å²) in [6.45, 7) is 1.83. The Morgan fingerprint density at radius 1 is 1.53 bits per heavy atom. The standard InChI is InChI=1S/C11H9Cl2NO2S/c1-6(8-3-2-4-16-8)14-11(15)7-5-9(12)17-10(7)13/h2-6H,1H3,(H,14,15)/t6-/m1/s1. The van der Waals surface area contributed by atoms with Crippen molar-refractivity contribution >= 4 is 40.4 Å². The molecule has 1 N–H and O–H groups in total. The Morgan fingerprint density at radius 3 is 2.82 bits per heavy atom. The van der Waals surface area contributed by atoms with Crippen molar-refractivity contribution in [3.63, 3.8) is 0 Å². The first-order valence-corrected chi connectivity index (χ1v) is 6.44. The maximum absolute atomic E-state index is 11.9. The van der Waals surface area contributed by atoms with Gasteiger partial charge in [-0.15, -0.1) is 11.3 Å². The van der Waals surface area contributed by atoms with E-state index in [1.807, 2.05) is 6.92 Å². The Balaban J connectivity index is 2.09. The molecule has 0 aromatic carbocycles. The lowest BCUT2D eigenvalue weighted by molar-refractivity contribution is 0.0936. The molecule has 0 aliphatic heterocycles. The molecule has 17 heavy (non-hydrogen) atoms. The van der Waals surface area contributed by atoms with Crippen molar-refractivity contribution in [2.24, 2.45) is 0 Å². The van der Waals surface area contributed by atoms with E-state index in [4.69, 9.17) is 27.6 Å². The zero-order chi connectivity index (χ0) is 12.4. The summed E-state index contributed by atoms with van der Waals surface area (Å²) in [5.74, 6) is 0.429. The Labute approximate surface area is 112 Å². The molecule has 1 atom stereocenters. The largest absolute Gasteiger partial charge is 0.467 e. The molecule has 2 aromatic rings. The van der Waals surface area contributed by atoms with Gasteiger partial charge in [-0.3, -0.25) is 4.79 Å². The average molecular weight is 290 g/mol. The van der Waals surface area contributed by atoms with E-state index in [0.717, 1.165) is 0 Å². The second-order valence-electron chi connectivity index (χ2n) is 3.45. The molecule has 0 saturated carbocycles. The third-order valence-corrected chi connectivity index (χ3v) is 3.71. The number of halogens is 2. The number of carbonyl (C=O) groups excluding carboxylic acids is 1. The average Bonchev–Trinajstić information content (AvgIpc) is 2.87. The molecule has 0 aliphatic carbocycles. The highest BCUT2D eigenvalue weighted by atomic mass is 35.5. The van der Waals surface area contributed by atoms with Gasteiger partial charge in [-0.05, 0) is 25.1 Å². The summed E-state index contributed by atoms with van der Waals surface area (Å²) in [7, 11) is 0. The molecule has 0 spiro atoms. The number of rotatable bonds is 3. The highest BCUT2D eigenvalue weighted by Crippen LogP contribution is 2.31. The van der Waals surface area contributed by atoms with Gasteiger partial charge in [0.25, 0.3) is 5.91 Å². The number of hydrogen-bond donors (Lipinski definition) is 1. The third kappa shape index (κ3) is 2.83. The van der Waals surface area contributed by atoms with E-state index in [1.165, 1.54) is 11.3 Å². The summed E-state index contributed by atoms with van der Waals surface area (Å²) in [6.07, 6.45) is 1.56. The smallest absolute Gasteiger partial charge is 0.254 e. The molecule has 0 saturated heterocycles. The fourth-order valence-electron chi connectivity index (χ4n) is 1.38. The van der Waals surface area contributed by atoms with E-state index in [0.29, 0.717) is 20.0 Å². The predicted octanol–water partition coefficient (Wildman–Crippen LogP) is 4.14.